The quantitative estimate of drug-likeness (QED) is 0.765. The highest BCUT2D eigenvalue weighted by atomic mass is 32.2. The van der Waals surface area contributed by atoms with E-state index in [-0.39, 0.29) is 23.6 Å². The van der Waals surface area contributed by atoms with Gasteiger partial charge in [0.2, 0.25) is 0 Å². The molecule has 0 spiro atoms. The zero-order valence-corrected chi connectivity index (χ0v) is 10.2. The lowest BCUT2D eigenvalue weighted by atomic mass is 9.93. The zero-order valence-electron chi connectivity index (χ0n) is 9.35. The first-order valence-corrected chi connectivity index (χ1v) is 6.49. The van der Waals surface area contributed by atoms with E-state index in [9.17, 15) is 13.2 Å². The van der Waals surface area contributed by atoms with Crippen molar-refractivity contribution in [2.45, 2.75) is 31.3 Å². The Kier molecular flexibility index (Phi) is 5.92. The number of nitrogens with one attached hydrogen (secondary N) is 1. The third-order valence-corrected chi connectivity index (χ3v) is 3.54. The summed E-state index contributed by atoms with van der Waals surface area (Å²) in [7, 11) is 0. The van der Waals surface area contributed by atoms with Crippen LogP contribution in [0.5, 0.6) is 0 Å². The van der Waals surface area contributed by atoms with Crippen molar-refractivity contribution in [3.63, 3.8) is 0 Å². The molecule has 1 fully saturated rings. The molecule has 0 aromatic heterocycles. The second kappa shape index (κ2) is 6.71. The van der Waals surface area contributed by atoms with Crippen molar-refractivity contribution in [3.05, 3.63) is 0 Å². The molecular formula is C10H18F3NOS. The summed E-state index contributed by atoms with van der Waals surface area (Å²) in [5.74, 6) is 0.612. The Bertz CT molecular complexity index is 195. The molecule has 0 saturated carbocycles. The van der Waals surface area contributed by atoms with E-state index in [4.69, 9.17) is 4.74 Å². The van der Waals surface area contributed by atoms with Crippen LogP contribution in [0, 0.1) is 5.92 Å². The third kappa shape index (κ3) is 5.96. The molecule has 0 aromatic carbocycles. The fourth-order valence-electron chi connectivity index (χ4n) is 1.84. The van der Waals surface area contributed by atoms with Gasteiger partial charge in [-0.2, -0.15) is 13.2 Å². The first-order chi connectivity index (χ1) is 7.49. The van der Waals surface area contributed by atoms with E-state index in [1.807, 2.05) is 6.92 Å². The molecule has 1 unspecified atom stereocenters. The maximum atomic E-state index is 11.9. The van der Waals surface area contributed by atoms with Crippen molar-refractivity contribution < 1.29 is 17.9 Å². The summed E-state index contributed by atoms with van der Waals surface area (Å²) in [5.41, 5.74) is -4.11. The minimum absolute atomic E-state index is 0.0350. The second-order valence-corrected chi connectivity index (χ2v) is 5.15. The van der Waals surface area contributed by atoms with E-state index in [0.29, 0.717) is 12.5 Å². The van der Waals surface area contributed by atoms with E-state index in [2.05, 4.69) is 5.32 Å². The first-order valence-electron chi connectivity index (χ1n) is 5.51. The number of ether oxygens (including phenoxy) is 1. The molecule has 0 amide bonds. The van der Waals surface area contributed by atoms with Gasteiger partial charge in [-0.15, -0.1) is 0 Å². The highest BCUT2D eigenvalue weighted by Gasteiger charge is 2.27. The predicted octanol–water partition coefficient (Wildman–Crippen LogP) is 2.64. The van der Waals surface area contributed by atoms with Crippen LogP contribution in [0.1, 0.15) is 19.8 Å². The van der Waals surface area contributed by atoms with Gasteiger partial charge in [-0.25, -0.2) is 0 Å². The molecule has 1 aliphatic rings. The standard InChI is InChI=1S/C10H18F3NOS/c1-8(9-2-5-15-6-3-9)14-4-7-16-10(11,12)13/h8-9,14H,2-7H2,1H3. The summed E-state index contributed by atoms with van der Waals surface area (Å²) in [6.45, 7) is 3.99. The van der Waals surface area contributed by atoms with Crippen molar-refractivity contribution in [1.29, 1.82) is 0 Å². The first kappa shape index (κ1) is 14.1. The van der Waals surface area contributed by atoms with Crippen LogP contribution in [0.3, 0.4) is 0 Å². The maximum Gasteiger partial charge on any atom is 0.441 e. The van der Waals surface area contributed by atoms with Crippen molar-refractivity contribution in [2.75, 3.05) is 25.5 Å². The van der Waals surface area contributed by atoms with Crippen molar-refractivity contribution in [2.24, 2.45) is 5.92 Å². The predicted molar refractivity (Wildman–Crippen MR) is 59.5 cm³/mol. The smallest absolute Gasteiger partial charge is 0.381 e. The number of halogens is 3. The fourth-order valence-corrected chi connectivity index (χ4v) is 2.29. The molecule has 96 valence electrons. The summed E-state index contributed by atoms with van der Waals surface area (Å²) >= 11 is 0.0350. The third-order valence-electron chi connectivity index (χ3n) is 2.81. The monoisotopic (exact) mass is 257 g/mol. The molecule has 0 bridgehead atoms. The number of rotatable bonds is 5. The van der Waals surface area contributed by atoms with E-state index in [1.54, 1.807) is 0 Å². The van der Waals surface area contributed by atoms with Crippen LogP contribution in [0.25, 0.3) is 0 Å². The molecule has 6 heteroatoms. The summed E-state index contributed by atoms with van der Waals surface area (Å²) in [6.07, 6.45) is 2.00. The number of alkyl halides is 3. The largest absolute Gasteiger partial charge is 0.441 e. The lowest BCUT2D eigenvalue weighted by Gasteiger charge is -2.28. The average molecular weight is 257 g/mol. The topological polar surface area (TPSA) is 21.3 Å². The number of hydrogen-bond acceptors (Lipinski definition) is 3. The molecule has 16 heavy (non-hydrogen) atoms. The molecule has 1 N–H and O–H groups in total. The molecule has 1 aliphatic heterocycles. The van der Waals surface area contributed by atoms with Crippen LogP contribution in [0.2, 0.25) is 0 Å². The molecule has 1 rings (SSSR count). The van der Waals surface area contributed by atoms with Gasteiger partial charge in [0.05, 0.1) is 0 Å². The molecule has 1 atom stereocenters. The molecule has 0 radical (unpaired) electrons. The van der Waals surface area contributed by atoms with Crippen LogP contribution >= 0.6 is 11.8 Å². The number of thioether (sulfide) groups is 1. The minimum Gasteiger partial charge on any atom is -0.381 e. The summed E-state index contributed by atoms with van der Waals surface area (Å²) in [5, 5.41) is 3.15. The molecule has 1 heterocycles. The Balaban J connectivity index is 2.07. The van der Waals surface area contributed by atoms with Gasteiger partial charge >= 0.3 is 5.51 Å². The lowest BCUT2D eigenvalue weighted by molar-refractivity contribution is -0.0327. The van der Waals surface area contributed by atoms with Crippen LogP contribution in [0.4, 0.5) is 13.2 Å². The van der Waals surface area contributed by atoms with Gasteiger partial charge in [0.1, 0.15) is 0 Å². The second-order valence-electron chi connectivity index (χ2n) is 3.99. The SMILES string of the molecule is CC(NCCSC(F)(F)F)C1CCOCC1. The van der Waals surface area contributed by atoms with E-state index < -0.39 is 5.51 Å². The molecule has 0 aromatic rings. The Morgan fingerprint density at radius 3 is 2.56 bits per heavy atom. The highest BCUT2D eigenvalue weighted by Crippen LogP contribution is 2.29. The van der Waals surface area contributed by atoms with Crippen molar-refractivity contribution in [1.82, 2.24) is 5.32 Å². The van der Waals surface area contributed by atoms with E-state index >= 15 is 0 Å². The zero-order chi connectivity index (χ0) is 12.0. The lowest BCUT2D eigenvalue weighted by Crippen LogP contribution is -2.38. The Morgan fingerprint density at radius 2 is 2.00 bits per heavy atom. The molecule has 2 nitrogen and oxygen atoms in total. The van der Waals surface area contributed by atoms with Gasteiger partial charge in [-0.05, 0) is 37.4 Å². The number of hydrogen-bond donors (Lipinski definition) is 1. The van der Waals surface area contributed by atoms with Crippen LogP contribution in [0.15, 0.2) is 0 Å². The minimum atomic E-state index is -4.11. The molecule has 1 saturated heterocycles. The van der Waals surface area contributed by atoms with E-state index in [1.165, 1.54) is 0 Å². The highest BCUT2D eigenvalue weighted by molar-refractivity contribution is 8.00. The van der Waals surface area contributed by atoms with Gasteiger partial charge in [0.15, 0.2) is 0 Å². The average Bonchev–Trinajstić information content (AvgIpc) is 2.24. The van der Waals surface area contributed by atoms with Gasteiger partial charge in [-0.3, -0.25) is 0 Å². The van der Waals surface area contributed by atoms with Gasteiger partial charge in [-0.1, -0.05) is 0 Å². The van der Waals surface area contributed by atoms with Gasteiger partial charge in [0.25, 0.3) is 0 Å². The van der Waals surface area contributed by atoms with Crippen LogP contribution < -0.4 is 5.32 Å². The maximum absolute atomic E-state index is 11.9. The van der Waals surface area contributed by atoms with Gasteiger partial charge < -0.3 is 10.1 Å². The summed E-state index contributed by atoms with van der Waals surface area (Å²) in [4.78, 5) is 0. The Labute approximate surface area is 98.3 Å². The summed E-state index contributed by atoms with van der Waals surface area (Å²) in [6, 6.07) is 0.276. The van der Waals surface area contributed by atoms with E-state index in [0.717, 1.165) is 26.1 Å². The van der Waals surface area contributed by atoms with Crippen LogP contribution in [-0.2, 0) is 4.74 Å². The summed E-state index contributed by atoms with van der Waals surface area (Å²) < 4.78 is 40.8. The molecule has 0 aliphatic carbocycles. The normalized spacial score (nSPS) is 21.0. The van der Waals surface area contributed by atoms with Crippen molar-refractivity contribution >= 4 is 11.8 Å². The van der Waals surface area contributed by atoms with Gasteiger partial charge in [0, 0.05) is 31.6 Å². The Morgan fingerprint density at radius 1 is 1.38 bits per heavy atom. The molecular weight excluding hydrogens is 239 g/mol. The Hall–Kier alpha value is 0.0600. The van der Waals surface area contributed by atoms with Crippen LogP contribution in [-0.4, -0.2) is 37.1 Å². The van der Waals surface area contributed by atoms with Crippen molar-refractivity contribution in [3.8, 4) is 0 Å². The fraction of sp³-hybridized carbons (Fsp3) is 1.00.